The minimum atomic E-state index is -0.941. The molecule has 0 N–H and O–H groups in total. The Morgan fingerprint density at radius 3 is 2.71 bits per heavy atom. The van der Waals surface area contributed by atoms with E-state index in [1.165, 1.54) is 0 Å². The van der Waals surface area contributed by atoms with Crippen molar-refractivity contribution in [3.8, 4) is 11.8 Å². The fourth-order valence-electron chi connectivity index (χ4n) is 2.82. The van der Waals surface area contributed by atoms with Gasteiger partial charge in [-0.15, -0.1) is 0 Å². The lowest BCUT2D eigenvalue weighted by Gasteiger charge is -2.22. The van der Waals surface area contributed by atoms with Crippen molar-refractivity contribution in [2.24, 2.45) is 0 Å². The fraction of sp³-hybridized carbons (Fsp3) is 0.200. The summed E-state index contributed by atoms with van der Waals surface area (Å²) in [4.78, 5) is 12.3. The molecule has 4 heteroatoms. The van der Waals surface area contributed by atoms with Gasteiger partial charge in [-0.05, 0) is 48.2 Å². The number of hydrogen-bond donors (Lipinski definition) is 0. The Bertz CT molecular complexity index is 819. The highest BCUT2D eigenvalue weighted by molar-refractivity contribution is 5.91. The molecular weight excluding hydrogens is 302 g/mol. The van der Waals surface area contributed by atoms with Crippen molar-refractivity contribution in [3.63, 3.8) is 0 Å². The summed E-state index contributed by atoms with van der Waals surface area (Å²) in [6.45, 7) is 0. The number of aryl methyl sites for hydroxylation is 1. The molecule has 24 heavy (non-hydrogen) atoms. The lowest BCUT2D eigenvalue weighted by Crippen LogP contribution is -2.20. The Kier molecular flexibility index (Phi) is 4.62. The van der Waals surface area contributed by atoms with E-state index in [0.29, 0.717) is 11.3 Å². The van der Waals surface area contributed by atoms with Gasteiger partial charge in [0.15, 0.2) is 0 Å². The second-order valence-electron chi connectivity index (χ2n) is 5.50. The zero-order valence-corrected chi connectivity index (χ0v) is 13.4. The smallest absolute Gasteiger partial charge is 0.339 e. The third kappa shape index (κ3) is 3.16. The number of rotatable bonds is 4. The van der Waals surface area contributed by atoms with Gasteiger partial charge in [-0.1, -0.05) is 30.3 Å². The standard InChI is InChI=1S/C20H17NO3/c1-23-16-11-10-14-8-5-9-17(18(14)12-16)19(13-21)24-20(22)15-6-3-2-4-7-15/h2-4,6-7,9-12,19H,5,8H2,1H3. The first-order chi connectivity index (χ1) is 11.7. The Hall–Kier alpha value is -3.06. The number of carbonyl (C=O) groups excluding carboxylic acids is 1. The molecule has 0 aliphatic heterocycles. The van der Waals surface area contributed by atoms with Crippen molar-refractivity contribution in [1.29, 1.82) is 5.26 Å². The summed E-state index contributed by atoms with van der Waals surface area (Å²) in [6.07, 6.45) is 2.74. The molecule has 2 aromatic rings. The van der Waals surface area contributed by atoms with Gasteiger partial charge in [-0.3, -0.25) is 0 Å². The number of carbonyl (C=O) groups is 1. The molecule has 1 atom stereocenters. The van der Waals surface area contributed by atoms with E-state index >= 15 is 0 Å². The Balaban J connectivity index is 1.88. The summed E-state index contributed by atoms with van der Waals surface area (Å²) in [5.41, 5.74) is 3.19. The molecule has 4 nitrogen and oxygen atoms in total. The molecule has 1 aliphatic rings. The number of methoxy groups -OCH3 is 1. The van der Waals surface area contributed by atoms with Crippen molar-refractivity contribution >= 4 is 11.5 Å². The van der Waals surface area contributed by atoms with E-state index in [9.17, 15) is 10.1 Å². The number of nitrogens with zero attached hydrogens (tertiary/aromatic N) is 1. The number of esters is 1. The number of fused-ring (bicyclic) bond motifs is 1. The molecule has 0 heterocycles. The quantitative estimate of drug-likeness (QED) is 0.805. The third-order valence-corrected chi connectivity index (χ3v) is 4.04. The zero-order valence-electron chi connectivity index (χ0n) is 13.4. The molecular formula is C20H17NO3. The van der Waals surface area contributed by atoms with Crippen LogP contribution in [-0.4, -0.2) is 19.2 Å². The average Bonchev–Trinajstić information content (AvgIpc) is 2.65. The number of ether oxygens (including phenoxy) is 2. The predicted molar refractivity (Wildman–Crippen MR) is 90.6 cm³/mol. The van der Waals surface area contributed by atoms with E-state index < -0.39 is 12.1 Å². The van der Waals surface area contributed by atoms with Crippen LogP contribution in [0.25, 0.3) is 5.57 Å². The van der Waals surface area contributed by atoms with Crippen LogP contribution in [0.1, 0.15) is 27.9 Å². The summed E-state index contributed by atoms with van der Waals surface area (Å²) in [7, 11) is 1.60. The van der Waals surface area contributed by atoms with E-state index in [1.54, 1.807) is 31.4 Å². The normalized spacial score (nSPS) is 13.9. The summed E-state index contributed by atoms with van der Waals surface area (Å²) in [5.74, 6) is 0.214. The van der Waals surface area contributed by atoms with Crippen LogP contribution < -0.4 is 4.74 Å². The van der Waals surface area contributed by atoms with Gasteiger partial charge in [0.1, 0.15) is 11.8 Å². The van der Waals surface area contributed by atoms with Crippen molar-refractivity contribution in [1.82, 2.24) is 0 Å². The number of nitriles is 1. The van der Waals surface area contributed by atoms with Gasteiger partial charge < -0.3 is 9.47 Å². The van der Waals surface area contributed by atoms with Crippen LogP contribution in [0.15, 0.2) is 54.6 Å². The number of allylic oxidation sites excluding steroid dienone is 1. The van der Waals surface area contributed by atoms with E-state index in [1.807, 2.05) is 30.3 Å². The van der Waals surface area contributed by atoms with Crippen molar-refractivity contribution < 1.29 is 14.3 Å². The first-order valence-corrected chi connectivity index (χ1v) is 7.76. The van der Waals surface area contributed by atoms with E-state index in [2.05, 4.69) is 6.07 Å². The largest absolute Gasteiger partial charge is 0.497 e. The van der Waals surface area contributed by atoms with Crippen LogP contribution in [0.4, 0.5) is 0 Å². The van der Waals surface area contributed by atoms with Gasteiger partial charge in [0.2, 0.25) is 6.10 Å². The topological polar surface area (TPSA) is 59.3 Å². The fourth-order valence-corrected chi connectivity index (χ4v) is 2.82. The minimum Gasteiger partial charge on any atom is -0.497 e. The molecule has 0 saturated heterocycles. The molecule has 0 radical (unpaired) electrons. The molecule has 0 aromatic heterocycles. The zero-order chi connectivity index (χ0) is 16.9. The van der Waals surface area contributed by atoms with Crippen molar-refractivity contribution in [2.75, 3.05) is 7.11 Å². The maximum Gasteiger partial charge on any atom is 0.339 e. The van der Waals surface area contributed by atoms with Gasteiger partial charge in [-0.2, -0.15) is 5.26 Å². The highest BCUT2D eigenvalue weighted by Crippen LogP contribution is 2.33. The molecule has 0 saturated carbocycles. The summed E-state index contributed by atoms with van der Waals surface area (Å²) < 4.78 is 10.7. The Morgan fingerprint density at radius 1 is 1.21 bits per heavy atom. The van der Waals surface area contributed by atoms with Crippen LogP contribution >= 0.6 is 0 Å². The Labute approximate surface area is 140 Å². The van der Waals surface area contributed by atoms with Gasteiger partial charge in [-0.25, -0.2) is 4.79 Å². The van der Waals surface area contributed by atoms with Crippen molar-refractivity contribution in [3.05, 3.63) is 71.3 Å². The van der Waals surface area contributed by atoms with Crippen LogP contribution in [0.3, 0.4) is 0 Å². The predicted octanol–water partition coefficient (Wildman–Crippen LogP) is 3.77. The van der Waals surface area contributed by atoms with Gasteiger partial charge in [0.25, 0.3) is 0 Å². The maximum atomic E-state index is 12.3. The lowest BCUT2D eigenvalue weighted by atomic mass is 9.88. The summed E-state index contributed by atoms with van der Waals surface area (Å²) >= 11 is 0. The summed E-state index contributed by atoms with van der Waals surface area (Å²) in [6, 6.07) is 16.6. The van der Waals surface area contributed by atoms with Crippen LogP contribution in [0.2, 0.25) is 0 Å². The van der Waals surface area contributed by atoms with E-state index in [-0.39, 0.29) is 0 Å². The molecule has 0 amide bonds. The molecule has 120 valence electrons. The molecule has 2 aromatic carbocycles. The first kappa shape index (κ1) is 15.8. The van der Waals surface area contributed by atoms with E-state index in [4.69, 9.17) is 9.47 Å². The Morgan fingerprint density at radius 2 is 2.00 bits per heavy atom. The summed E-state index contributed by atoms with van der Waals surface area (Å²) in [5, 5.41) is 9.53. The number of hydrogen-bond acceptors (Lipinski definition) is 4. The second-order valence-corrected chi connectivity index (χ2v) is 5.50. The lowest BCUT2D eigenvalue weighted by molar-refractivity contribution is 0.0483. The highest BCUT2D eigenvalue weighted by Gasteiger charge is 2.25. The molecule has 0 fully saturated rings. The first-order valence-electron chi connectivity index (χ1n) is 7.76. The van der Waals surface area contributed by atoms with Crippen LogP contribution in [0, 0.1) is 11.3 Å². The minimum absolute atomic E-state index is 0.431. The third-order valence-electron chi connectivity index (χ3n) is 4.04. The monoisotopic (exact) mass is 319 g/mol. The molecule has 1 aliphatic carbocycles. The molecule has 0 bridgehead atoms. The van der Waals surface area contributed by atoms with Crippen molar-refractivity contribution in [2.45, 2.75) is 18.9 Å². The second kappa shape index (κ2) is 7.01. The molecule has 0 spiro atoms. The molecule has 3 rings (SSSR count). The van der Waals surface area contributed by atoms with Gasteiger partial charge in [0.05, 0.1) is 12.7 Å². The van der Waals surface area contributed by atoms with Crippen LogP contribution in [-0.2, 0) is 11.2 Å². The van der Waals surface area contributed by atoms with Gasteiger partial charge >= 0.3 is 5.97 Å². The average molecular weight is 319 g/mol. The number of benzene rings is 2. The van der Waals surface area contributed by atoms with Crippen LogP contribution in [0.5, 0.6) is 5.75 Å². The highest BCUT2D eigenvalue weighted by atomic mass is 16.5. The van der Waals surface area contributed by atoms with Gasteiger partial charge in [0, 0.05) is 5.57 Å². The molecule has 1 unspecified atom stereocenters. The maximum absolute atomic E-state index is 12.3. The van der Waals surface area contributed by atoms with E-state index in [0.717, 1.165) is 29.5 Å². The SMILES string of the molecule is COc1ccc2c(c1)C(C(C#N)OC(=O)c1ccccc1)=CCC2.